The molecule has 1 saturated carbocycles. The Morgan fingerprint density at radius 3 is 2.80 bits per heavy atom. The number of methoxy groups -OCH3 is 2. The molecule has 0 saturated heterocycles. The molecular weight excluding hydrogens is 323 g/mol. The number of allylic oxidation sites excluding steroid dienone is 1. The van der Waals surface area contributed by atoms with Crippen LogP contribution in [0.5, 0.6) is 5.75 Å². The number of fused-ring (bicyclic) bond motifs is 5. The normalized spacial score (nSPS) is 35.6. The number of esters is 1. The number of rotatable bonds is 2. The number of carbonyl (C=O) groups excluding carboxylic acids is 2. The van der Waals surface area contributed by atoms with Gasteiger partial charge >= 0.3 is 5.97 Å². The van der Waals surface area contributed by atoms with Gasteiger partial charge < -0.3 is 9.47 Å². The molecule has 3 aliphatic rings. The first-order valence-electron chi connectivity index (χ1n) is 8.64. The van der Waals surface area contributed by atoms with Gasteiger partial charge in [-0.2, -0.15) is 0 Å². The Morgan fingerprint density at radius 1 is 1.28 bits per heavy atom. The maximum absolute atomic E-state index is 16.3. The van der Waals surface area contributed by atoms with Crippen molar-refractivity contribution in [3.63, 3.8) is 0 Å². The van der Waals surface area contributed by atoms with Crippen LogP contribution < -0.4 is 4.74 Å². The van der Waals surface area contributed by atoms with Crippen molar-refractivity contribution < 1.29 is 23.5 Å². The molecule has 1 fully saturated rings. The zero-order valence-corrected chi connectivity index (χ0v) is 14.4. The Balaban J connectivity index is 1.85. The van der Waals surface area contributed by atoms with Gasteiger partial charge in [-0.15, -0.1) is 0 Å². The van der Waals surface area contributed by atoms with Crippen LogP contribution in [-0.4, -0.2) is 31.6 Å². The van der Waals surface area contributed by atoms with Gasteiger partial charge in [0.15, 0.2) is 11.2 Å². The monoisotopic (exact) mass is 344 g/mol. The summed E-state index contributed by atoms with van der Waals surface area (Å²) in [7, 11) is 2.84. The molecule has 0 N–H and O–H groups in total. The van der Waals surface area contributed by atoms with E-state index in [9.17, 15) is 9.59 Å². The summed E-state index contributed by atoms with van der Waals surface area (Å²) in [4.78, 5) is 25.0. The summed E-state index contributed by atoms with van der Waals surface area (Å²) in [5.41, 5.74) is -1.45. The number of benzene rings is 1. The molecule has 0 radical (unpaired) electrons. The smallest absolute Gasteiger partial charge is 0.326 e. The summed E-state index contributed by atoms with van der Waals surface area (Å²) < 4.78 is 26.4. The van der Waals surface area contributed by atoms with Crippen LogP contribution in [0.1, 0.15) is 36.3 Å². The van der Waals surface area contributed by atoms with Crippen molar-refractivity contribution in [2.75, 3.05) is 14.2 Å². The summed E-state index contributed by atoms with van der Waals surface area (Å²) >= 11 is 0. The Hall–Kier alpha value is -2.17. The zero-order chi connectivity index (χ0) is 17.8. The number of hydrogen-bond acceptors (Lipinski definition) is 4. The van der Waals surface area contributed by atoms with Crippen molar-refractivity contribution in [2.45, 2.75) is 37.3 Å². The highest BCUT2D eigenvalue weighted by atomic mass is 19.1. The standard InChI is InChI=1S/C20H21FO4/c1-24-13-4-5-14-12(11-13)3-6-16-15(14)7-9-19(18(23)25-2)17(22)8-10-20(16,19)21/h4-5,7,9,11,15-16H,3,6,8,10H2,1-2H3/t15-,16-,19-,20+/m1/s1. The molecule has 5 heteroatoms. The van der Waals surface area contributed by atoms with Crippen LogP contribution in [0.15, 0.2) is 30.4 Å². The molecule has 3 aliphatic carbocycles. The lowest BCUT2D eigenvalue weighted by molar-refractivity contribution is -0.165. The number of halogens is 1. The Labute approximate surface area is 146 Å². The molecular formula is C20H21FO4. The molecule has 0 amide bonds. The van der Waals surface area contributed by atoms with Crippen LogP contribution >= 0.6 is 0 Å². The lowest BCUT2D eigenvalue weighted by Gasteiger charge is -2.48. The molecule has 1 aromatic carbocycles. The molecule has 0 spiro atoms. The first kappa shape index (κ1) is 16.3. The van der Waals surface area contributed by atoms with Crippen molar-refractivity contribution in [3.05, 3.63) is 41.5 Å². The number of alkyl halides is 1. The van der Waals surface area contributed by atoms with Crippen LogP contribution in [0, 0.1) is 11.3 Å². The lowest BCUT2D eigenvalue weighted by atomic mass is 9.56. The van der Waals surface area contributed by atoms with Crippen molar-refractivity contribution >= 4 is 11.8 Å². The molecule has 0 heterocycles. The van der Waals surface area contributed by atoms with Gasteiger partial charge in [-0.25, -0.2) is 4.39 Å². The number of carbonyl (C=O) groups is 2. The molecule has 4 atom stereocenters. The predicted molar refractivity (Wildman–Crippen MR) is 89.2 cm³/mol. The van der Waals surface area contributed by atoms with Gasteiger partial charge in [-0.05, 0) is 42.5 Å². The fourth-order valence-corrected chi connectivity index (χ4v) is 5.10. The number of ketones is 1. The van der Waals surface area contributed by atoms with E-state index in [1.807, 2.05) is 24.3 Å². The van der Waals surface area contributed by atoms with Gasteiger partial charge in [-0.3, -0.25) is 9.59 Å². The zero-order valence-electron chi connectivity index (χ0n) is 14.4. The van der Waals surface area contributed by atoms with Gasteiger partial charge in [0.25, 0.3) is 0 Å². The van der Waals surface area contributed by atoms with Crippen LogP contribution in [0.4, 0.5) is 4.39 Å². The highest BCUT2D eigenvalue weighted by Crippen LogP contribution is 2.61. The summed E-state index contributed by atoms with van der Waals surface area (Å²) in [6.45, 7) is 0. The molecule has 0 unspecified atom stereocenters. The van der Waals surface area contributed by atoms with Gasteiger partial charge in [0.2, 0.25) is 0 Å². The number of Topliss-reactive ketones (excluding diaryl/α,β-unsaturated/α-hetero) is 1. The van der Waals surface area contributed by atoms with E-state index in [1.54, 1.807) is 7.11 Å². The van der Waals surface area contributed by atoms with Crippen LogP contribution in [0.2, 0.25) is 0 Å². The fourth-order valence-electron chi connectivity index (χ4n) is 5.10. The van der Waals surface area contributed by atoms with Crippen molar-refractivity contribution in [1.82, 2.24) is 0 Å². The van der Waals surface area contributed by atoms with E-state index in [0.29, 0.717) is 12.8 Å². The second kappa shape index (κ2) is 5.41. The predicted octanol–water partition coefficient (Wildman–Crippen LogP) is 3.14. The minimum Gasteiger partial charge on any atom is -0.497 e. The van der Waals surface area contributed by atoms with E-state index < -0.39 is 23.0 Å². The molecule has 4 rings (SSSR count). The van der Waals surface area contributed by atoms with Gasteiger partial charge in [0.1, 0.15) is 11.4 Å². The molecule has 4 nitrogen and oxygen atoms in total. The summed E-state index contributed by atoms with van der Waals surface area (Å²) in [6.07, 6.45) is 4.78. The topological polar surface area (TPSA) is 52.6 Å². The van der Waals surface area contributed by atoms with Gasteiger partial charge in [0.05, 0.1) is 14.2 Å². The highest BCUT2D eigenvalue weighted by Gasteiger charge is 2.70. The van der Waals surface area contributed by atoms with Crippen molar-refractivity contribution in [3.8, 4) is 5.75 Å². The van der Waals surface area contributed by atoms with E-state index in [2.05, 4.69) is 0 Å². The molecule has 0 bridgehead atoms. The summed E-state index contributed by atoms with van der Waals surface area (Å²) in [5, 5.41) is 0. The first-order chi connectivity index (χ1) is 12.0. The van der Waals surface area contributed by atoms with E-state index in [4.69, 9.17) is 9.47 Å². The van der Waals surface area contributed by atoms with Crippen molar-refractivity contribution in [2.24, 2.45) is 11.3 Å². The summed E-state index contributed by atoms with van der Waals surface area (Å²) in [5.74, 6) is -0.885. The van der Waals surface area contributed by atoms with E-state index in [1.165, 1.54) is 13.2 Å². The Bertz CT molecular complexity index is 786. The SMILES string of the molecule is COC(=O)[C@]12C=C[C@@H]3c4ccc(OC)cc4CC[C@H]3[C@@]1(F)CCC2=O. The minimum absolute atomic E-state index is 0.0780. The second-order valence-electron chi connectivity index (χ2n) is 7.18. The van der Waals surface area contributed by atoms with Crippen molar-refractivity contribution in [1.29, 1.82) is 0 Å². The highest BCUT2D eigenvalue weighted by molar-refractivity contribution is 6.09. The maximum atomic E-state index is 16.3. The molecule has 0 aromatic heterocycles. The third-order valence-electron chi connectivity index (χ3n) is 6.33. The molecule has 132 valence electrons. The molecule has 1 aromatic rings. The summed E-state index contributed by atoms with van der Waals surface area (Å²) in [6, 6.07) is 5.84. The van der Waals surface area contributed by atoms with Crippen LogP contribution in [0.3, 0.4) is 0 Å². The van der Waals surface area contributed by atoms with Crippen LogP contribution in [-0.2, 0) is 20.7 Å². The van der Waals surface area contributed by atoms with E-state index in [-0.39, 0.29) is 24.5 Å². The third-order valence-corrected chi connectivity index (χ3v) is 6.33. The quantitative estimate of drug-likeness (QED) is 0.470. The number of ether oxygens (including phenoxy) is 2. The van der Waals surface area contributed by atoms with Gasteiger partial charge in [0, 0.05) is 18.3 Å². The average molecular weight is 344 g/mol. The van der Waals surface area contributed by atoms with E-state index in [0.717, 1.165) is 16.9 Å². The third kappa shape index (κ3) is 1.92. The average Bonchev–Trinajstić information content (AvgIpc) is 2.92. The fraction of sp³-hybridized carbons (Fsp3) is 0.500. The Kier molecular flexibility index (Phi) is 3.53. The minimum atomic E-state index is -1.88. The van der Waals surface area contributed by atoms with Crippen LogP contribution in [0.25, 0.3) is 0 Å². The number of hydrogen-bond donors (Lipinski definition) is 0. The van der Waals surface area contributed by atoms with Gasteiger partial charge in [-0.1, -0.05) is 18.2 Å². The van der Waals surface area contributed by atoms with E-state index >= 15 is 4.39 Å². The number of aryl methyl sites for hydroxylation is 1. The largest absolute Gasteiger partial charge is 0.497 e. The first-order valence-corrected chi connectivity index (χ1v) is 8.64. The Morgan fingerprint density at radius 2 is 2.08 bits per heavy atom. The lowest BCUT2D eigenvalue weighted by Crippen LogP contribution is -2.57. The molecule has 0 aliphatic heterocycles. The second-order valence-corrected chi connectivity index (χ2v) is 7.18. The molecule has 25 heavy (non-hydrogen) atoms. The maximum Gasteiger partial charge on any atom is 0.326 e.